The minimum absolute atomic E-state index is 0.368. The zero-order valence-electron chi connectivity index (χ0n) is 7.14. The van der Waals surface area contributed by atoms with Gasteiger partial charge in [-0.05, 0) is 0 Å². The highest BCUT2D eigenvalue weighted by atomic mass is 35.5. The van der Waals surface area contributed by atoms with Crippen molar-refractivity contribution in [3.05, 3.63) is 22.4 Å². The predicted octanol–water partition coefficient (Wildman–Crippen LogP) is 2.09. The Hall–Kier alpha value is -0.620. The molecule has 1 aliphatic rings. The third kappa shape index (κ3) is 1.17. The molecule has 0 unspecified atom stereocenters. The largest absolute Gasteiger partial charge is 0.345 e. The van der Waals surface area contributed by atoms with Crippen LogP contribution in [0.5, 0.6) is 0 Å². The van der Waals surface area contributed by atoms with Crippen molar-refractivity contribution in [3.8, 4) is 0 Å². The SMILES string of the molecule is Clc1nc2sccn2c1C1OCCO1. The first-order valence-electron chi connectivity index (χ1n) is 4.20. The molecule has 0 saturated carbocycles. The molecule has 74 valence electrons. The van der Waals surface area contributed by atoms with Crippen LogP contribution in [0, 0.1) is 0 Å². The van der Waals surface area contributed by atoms with Gasteiger partial charge in [-0.1, -0.05) is 11.6 Å². The van der Waals surface area contributed by atoms with Crippen molar-refractivity contribution in [1.29, 1.82) is 0 Å². The first kappa shape index (κ1) is 8.67. The van der Waals surface area contributed by atoms with Crippen molar-refractivity contribution in [2.45, 2.75) is 6.29 Å². The van der Waals surface area contributed by atoms with Crippen LogP contribution >= 0.6 is 22.9 Å². The Morgan fingerprint density at radius 2 is 2.29 bits per heavy atom. The van der Waals surface area contributed by atoms with Crippen LogP contribution in [0.1, 0.15) is 12.0 Å². The van der Waals surface area contributed by atoms with Gasteiger partial charge in [0.1, 0.15) is 5.69 Å². The third-order valence-corrected chi connectivity index (χ3v) is 3.13. The fraction of sp³-hybridized carbons (Fsp3) is 0.375. The molecule has 0 atom stereocenters. The van der Waals surface area contributed by atoms with E-state index in [1.807, 2.05) is 16.0 Å². The van der Waals surface area contributed by atoms with Crippen LogP contribution in [0.25, 0.3) is 4.96 Å². The van der Waals surface area contributed by atoms with E-state index in [0.717, 1.165) is 10.7 Å². The molecule has 2 aromatic rings. The summed E-state index contributed by atoms with van der Waals surface area (Å²) in [7, 11) is 0. The van der Waals surface area contributed by atoms with E-state index in [1.165, 1.54) is 11.3 Å². The Morgan fingerprint density at radius 3 is 3.07 bits per heavy atom. The molecule has 6 heteroatoms. The molecular weight excluding hydrogens is 224 g/mol. The van der Waals surface area contributed by atoms with Crippen molar-refractivity contribution in [2.75, 3.05) is 13.2 Å². The monoisotopic (exact) mass is 230 g/mol. The maximum Gasteiger partial charge on any atom is 0.202 e. The molecule has 1 saturated heterocycles. The Kier molecular flexibility index (Phi) is 1.98. The molecule has 4 nitrogen and oxygen atoms in total. The number of hydrogen-bond acceptors (Lipinski definition) is 4. The number of rotatable bonds is 1. The minimum atomic E-state index is -0.368. The van der Waals surface area contributed by atoms with Crippen molar-refractivity contribution in [1.82, 2.24) is 9.38 Å². The quantitative estimate of drug-likeness (QED) is 0.753. The standard InChI is InChI=1S/C8H7ClN2O2S/c9-6-5(7-12-2-3-13-7)11-1-4-14-8(11)10-6/h1,4,7H,2-3H2. The predicted molar refractivity (Wildman–Crippen MR) is 52.7 cm³/mol. The summed E-state index contributed by atoms with van der Waals surface area (Å²) in [5.41, 5.74) is 0.792. The van der Waals surface area contributed by atoms with Crippen LogP contribution in [0.15, 0.2) is 11.6 Å². The maximum atomic E-state index is 6.00. The lowest BCUT2D eigenvalue weighted by Crippen LogP contribution is -2.01. The van der Waals surface area contributed by atoms with E-state index in [2.05, 4.69) is 4.98 Å². The minimum Gasteiger partial charge on any atom is -0.345 e. The second-order valence-electron chi connectivity index (χ2n) is 2.92. The van der Waals surface area contributed by atoms with Gasteiger partial charge in [0.2, 0.25) is 6.29 Å². The van der Waals surface area contributed by atoms with E-state index in [0.29, 0.717) is 18.4 Å². The average Bonchev–Trinajstić information content (AvgIpc) is 2.78. The van der Waals surface area contributed by atoms with Crippen LogP contribution in [0.2, 0.25) is 5.15 Å². The number of aromatic nitrogens is 2. The van der Waals surface area contributed by atoms with E-state index < -0.39 is 0 Å². The van der Waals surface area contributed by atoms with Crippen LogP contribution in [-0.4, -0.2) is 22.6 Å². The summed E-state index contributed by atoms with van der Waals surface area (Å²) in [5, 5.41) is 2.42. The summed E-state index contributed by atoms with van der Waals surface area (Å²) in [4.78, 5) is 5.07. The van der Waals surface area contributed by atoms with Crippen molar-refractivity contribution in [2.24, 2.45) is 0 Å². The average molecular weight is 231 g/mol. The summed E-state index contributed by atoms with van der Waals surface area (Å²) < 4.78 is 12.7. The smallest absolute Gasteiger partial charge is 0.202 e. The van der Waals surface area contributed by atoms with Gasteiger partial charge in [0, 0.05) is 11.6 Å². The number of fused-ring (bicyclic) bond motifs is 1. The molecular formula is C8H7ClN2O2S. The van der Waals surface area contributed by atoms with Gasteiger partial charge in [-0.2, -0.15) is 0 Å². The van der Waals surface area contributed by atoms with E-state index >= 15 is 0 Å². The highest BCUT2D eigenvalue weighted by molar-refractivity contribution is 7.15. The molecule has 2 aromatic heterocycles. The van der Waals surface area contributed by atoms with E-state index in [-0.39, 0.29) is 6.29 Å². The van der Waals surface area contributed by atoms with Gasteiger partial charge in [0.15, 0.2) is 10.1 Å². The molecule has 0 radical (unpaired) electrons. The summed E-state index contributed by atoms with van der Waals surface area (Å²) >= 11 is 7.54. The molecule has 0 spiro atoms. The number of imidazole rings is 1. The Morgan fingerprint density at radius 1 is 1.50 bits per heavy atom. The molecule has 0 amide bonds. The first-order valence-corrected chi connectivity index (χ1v) is 5.46. The number of hydrogen-bond donors (Lipinski definition) is 0. The fourth-order valence-electron chi connectivity index (χ4n) is 1.50. The molecule has 3 heterocycles. The van der Waals surface area contributed by atoms with Gasteiger partial charge in [-0.15, -0.1) is 11.3 Å². The van der Waals surface area contributed by atoms with Gasteiger partial charge in [-0.25, -0.2) is 4.98 Å². The number of thiazole rings is 1. The van der Waals surface area contributed by atoms with Gasteiger partial charge >= 0.3 is 0 Å². The number of halogens is 1. The van der Waals surface area contributed by atoms with E-state index in [4.69, 9.17) is 21.1 Å². The summed E-state index contributed by atoms with van der Waals surface area (Å²) in [5.74, 6) is 0. The zero-order valence-corrected chi connectivity index (χ0v) is 8.72. The summed E-state index contributed by atoms with van der Waals surface area (Å²) in [6.07, 6.45) is 1.55. The van der Waals surface area contributed by atoms with Gasteiger partial charge < -0.3 is 9.47 Å². The summed E-state index contributed by atoms with van der Waals surface area (Å²) in [6, 6.07) is 0. The van der Waals surface area contributed by atoms with Crippen LogP contribution in [-0.2, 0) is 9.47 Å². The molecule has 3 rings (SSSR count). The Bertz CT molecular complexity index is 461. The van der Waals surface area contributed by atoms with E-state index in [1.54, 1.807) is 0 Å². The van der Waals surface area contributed by atoms with Crippen LogP contribution < -0.4 is 0 Å². The summed E-state index contributed by atoms with van der Waals surface area (Å²) in [6.45, 7) is 1.22. The second kappa shape index (κ2) is 3.20. The van der Waals surface area contributed by atoms with Gasteiger partial charge in [0.25, 0.3) is 0 Å². The molecule has 1 aliphatic heterocycles. The Labute approximate surface area is 89.0 Å². The highest BCUT2D eigenvalue weighted by Crippen LogP contribution is 2.31. The first-order chi connectivity index (χ1) is 6.86. The number of ether oxygens (including phenoxy) is 2. The topological polar surface area (TPSA) is 35.8 Å². The normalized spacial score (nSPS) is 18.4. The molecule has 14 heavy (non-hydrogen) atoms. The Balaban J connectivity index is 2.16. The fourth-order valence-corrected chi connectivity index (χ4v) is 2.54. The molecule has 1 fully saturated rings. The lowest BCUT2D eigenvalue weighted by molar-refractivity contribution is -0.0477. The second-order valence-corrected chi connectivity index (χ2v) is 4.15. The zero-order chi connectivity index (χ0) is 9.54. The molecule has 0 aromatic carbocycles. The van der Waals surface area contributed by atoms with Crippen LogP contribution in [0.3, 0.4) is 0 Å². The molecule has 0 bridgehead atoms. The maximum absolute atomic E-state index is 6.00. The van der Waals surface area contributed by atoms with Crippen molar-refractivity contribution >= 4 is 27.9 Å². The van der Waals surface area contributed by atoms with Gasteiger partial charge in [-0.3, -0.25) is 4.40 Å². The highest BCUT2D eigenvalue weighted by Gasteiger charge is 2.25. The van der Waals surface area contributed by atoms with Crippen molar-refractivity contribution in [3.63, 3.8) is 0 Å². The molecule has 0 aliphatic carbocycles. The third-order valence-electron chi connectivity index (χ3n) is 2.10. The van der Waals surface area contributed by atoms with Gasteiger partial charge in [0.05, 0.1) is 13.2 Å². The lowest BCUT2D eigenvalue weighted by Gasteiger charge is -2.07. The number of nitrogens with zero attached hydrogens (tertiary/aromatic N) is 2. The van der Waals surface area contributed by atoms with E-state index in [9.17, 15) is 0 Å². The van der Waals surface area contributed by atoms with Crippen LogP contribution in [0.4, 0.5) is 0 Å². The molecule has 0 N–H and O–H groups in total. The van der Waals surface area contributed by atoms with Crippen molar-refractivity contribution < 1.29 is 9.47 Å². The lowest BCUT2D eigenvalue weighted by atomic mass is 10.4.